The Labute approximate surface area is 183 Å². The number of nitro benzene ring substituents is 1. The van der Waals surface area contributed by atoms with Crippen LogP contribution in [-0.4, -0.2) is 31.5 Å². The molecule has 174 valence electrons. The quantitative estimate of drug-likeness (QED) is 0.464. The van der Waals surface area contributed by atoms with Crippen LogP contribution in [0.3, 0.4) is 0 Å². The second-order valence-corrected chi connectivity index (χ2v) is 8.99. The molecule has 0 spiro atoms. The zero-order valence-electron chi connectivity index (χ0n) is 17.5. The van der Waals surface area contributed by atoms with Gasteiger partial charge in [-0.15, -0.1) is 0 Å². The highest BCUT2D eigenvalue weighted by Gasteiger charge is 2.34. The maximum atomic E-state index is 12.9. The number of anilines is 1. The first-order chi connectivity index (χ1) is 14.8. The zero-order chi connectivity index (χ0) is 24.3. The lowest BCUT2D eigenvalue weighted by Crippen LogP contribution is -2.49. The van der Waals surface area contributed by atoms with E-state index in [-0.39, 0.29) is 29.9 Å². The molecule has 0 aliphatic carbocycles. The summed E-state index contributed by atoms with van der Waals surface area (Å²) in [6.07, 6.45) is -3.66. The molecule has 0 radical (unpaired) electrons. The van der Waals surface area contributed by atoms with Crippen LogP contribution in [0.5, 0.6) is 0 Å². The largest absolute Gasteiger partial charge is 0.416 e. The second-order valence-electron chi connectivity index (χ2n) is 7.13. The van der Waals surface area contributed by atoms with E-state index in [0.29, 0.717) is 5.56 Å². The van der Waals surface area contributed by atoms with E-state index in [0.717, 1.165) is 28.8 Å². The van der Waals surface area contributed by atoms with Crippen LogP contribution in [0.15, 0.2) is 42.5 Å². The van der Waals surface area contributed by atoms with E-state index in [2.05, 4.69) is 5.32 Å². The molecule has 1 amide bonds. The molecule has 12 heteroatoms. The Morgan fingerprint density at radius 3 is 2.41 bits per heavy atom. The number of halogens is 3. The molecule has 2 aromatic rings. The van der Waals surface area contributed by atoms with Crippen LogP contribution in [-0.2, 0) is 27.5 Å². The van der Waals surface area contributed by atoms with Crippen LogP contribution in [0, 0.1) is 17.0 Å². The average molecular weight is 473 g/mol. The van der Waals surface area contributed by atoms with E-state index >= 15 is 0 Å². The minimum atomic E-state index is -4.54. The molecule has 0 aliphatic rings. The monoisotopic (exact) mass is 473 g/mol. The van der Waals surface area contributed by atoms with Crippen LogP contribution in [0.1, 0.15) is 30.0 Å². The first kappa shape index (κ1) is 25.1. The van der Waals surface area contributed by atoms with Gasteiger partial charge in [-0.1, -0.05) is 25.1 Å². The number of amides is 1. The summed E-state index contributed by atoms with van der Waals surface area (Å²) >= 11 is 0. The van der Waals surface area contributed by atoms with Gasteiger partial charge in [-0.2, -0.15) is 13.2 Å². The van der Waals surface area contributed by atoms with Crippen LogP contribution in [0.2, 0.25) is 0 Å². The number of sulfonamides is 1. The van der Waals surface area contributed by atoms with Crippen molar-refractivity contribution in [2.24, 2.45) is 0 Å². The van der Waals surface area contributed by atoms with Gasteiger partial charge in [-0.05, 0) is 36.6 Å². The van der Waals surface area contributed by atoms with Gasteiger partial charge in [0.05, 0.1) is 22.4 Å². The van der Waals surface area contributed by atoms with Crippen molar-refractivity contribution in [2.45, 2.75) is 39.0 Å². The predicted octanol–water partition coefficient (Wildman–Crippen LogP) is 3.78. The van der Waals surface area contributed by atoms with Gasteiger partial charge in [-0.3, -0.25) is 19.2 Å². The molecule has 32 heavy (non-hydrogen) atoms. The van der Waals surface area contributed by atoms with Gasteiger partial charge >= 0.3 is 6.18 Å². The summed E-state index contributed by atoms with van der Waals surface area (Å²) in [7, 11) is -4.05. The lowest BCUT2D eigenvalue weighted by Gasteiger charge is -2.31. The highest BCUT2D eigenvalue weighted by molar-refractivity contribution is 7.92. The number of nitrogens with zero attached hydrogens (tertiary/aromatic N) is 2. The third kappa shape index (κ3) is 5.96. The van der Waals surface area contributed by atoms with E-state index in [1.165, 1.54) is 24.3 Å². The summed E-state index contributed by atoms with van der Waals surface area (Å²) in [6, 6.07) is 6.78. The van der Waals surface area contributed by atoms with Crippen molar-refractivity contribution in [3.8, 4) is 0 Å². The van der Waals surface area contributed by atoms with Crippen molar-refractivity contribution < 1.29 is 31.3 Å². The number of alkyl halides is 3. The average Bonchev–Trinajstić information content (AvgIpc) is 2.69. The Balaban J connectivity index is 2.36. The topological polar surface area (TPSA) is 110 Å². The first-order valence-corrected chi connectivity index (χ1v) is 11.3. The Kier molecular flexibility index (Phi) is 7.50. The van der Waals surface area contributed by atoms with Gasteiger partial charge in [0, 0.05) is 18.7 Å². The Morgan fingerprint density at radius 1 is 1.22 bits per heavy atom. The number of carbonyl (C=O) groups excluding carboxylic acids is 1. The van der Waals surface area contributed by atoms with Crippen LogP contribution in [0.25, 0.3) is 0 Å². The predicted molar refractivity (Wildman–Crippen MR) is 113 cm³/mol. The Hall–Kier alpha value is -3.15. The highest BCUT2D eigenvalue weighted by Crippen LogP contribution is 2.31. The molecule has 0 fully saturated rings. The third-order valence-electron chi connectivity index (χ3n) is 4.69. The van der Waals surface area contributed by atoms with Gasteiger partial charge in [0.2, 0.25) is 15.9 Å². The molecule has 8 nitrogen and oxygen atoms in total. The number of carbonyl (C=O) groups is 1. The normalized spacial score (nSPS) is 12.8. The van der Waals surface area contributed by atoms with Crippen molar-refractivity contribution in [2.75, 3.05) is 10.6 Å². The molecular formula is C20H22F3N3O5S. The van der Waals surface area contributed by atoms with E-state index in [1.54, 1.807) is 13.8 Å². The number of benzene rings is 2. The number of aryl methyl sites for hydroxylation is 1. The lowest BCUT2D eigenvalue weighted by molar-refractivity contribution is -0.384. The standard InChI is InChI=1S/C20H22F3N3O5S/c1-4-17(19(27)24-12-14-6-5-7-15(10-14)20(21,22)23)25(32(3,30)31)18-11-16(26(28)29)9-8-13(18)2/h5-11,17H,4,12H2,1-3H3,(H,24,27)/t17-/m0/s1. The summed E-state index contributed by atoms with van der Waals surface area (Å²) in [5, 5.41) is 13.6. The maximum absolute atomic E-state index is 12.9. The van der Waals surface area contributed by atoms with Crippen molar-refractivity contribution in [1.29, 1.82) is 0 Å². The second kappa shape index (κ2) is 9.55. The maximum Gasteiger partial charge on any atom is 0.416 e. The number of nitro groups is 1. The van der Waals surface area contributed by atoms with Crippen LogP contribution >= 0.6 is 0 Å². The molecule has 0 saturated carbocycles. The molecule has 2 rings (SSSR count). The number of non-ortho nitro benzene ring substituents is 1. The summed E-state index contributed by atoms with van der Waals surface area (Å²) < 4.78 is 64.6. The van der Waals surface area contributed by atoms with Crippen LogP contribution < -0.4 is 9.62 Å². The molecule has 1 atom stereocenters. The minimum absolute atomic E-state index is 0.0175. The van der Waals surface area contributed by atoms with E-state index in [9.17, 15) is 36.5 Å². The lowest BCUT2D eigenvalue weighted by atomic mass is 10.1. The van der Waals surface area contributed by atoms with Gasteiger partial charge in [0.1, 0.15) is 6.04 Å². The highest BCUT2D eigenvalue weighted by atomic mass is 32.2. The fourth-order valence-corrected chi connectivity index (χ4v) is 4.41. The summed E-state index contributed by atoms with van der Waals surface area (Å²) in [4.78, 5) is 23.3. The molecule has 0 saturated heterocycles. The van der Waals surface area contributed by atoms with Gasteiger partial charge < -0.3 is 5.32 Å². The van der Waals surface area contributed by atoms with Gasteiger partial charge in [0.15, 0.2) is 0 Å². The fraction of sp³-hybridized carbons (Fsp3) is 0.350. The Bertz CT molecular complexity index is 1120. The van der Waals surface area contributed by atoms with Crippen molar-refractivity contribution in [3.63, 3.8) is 0 Å². The number of rotatable bonds is 8. The molecule has 0 unspecified atom stereocenters. The summed E-state index contributed by atoms with van der Waals surface area (Å²) in [5.74, 6) is -0.749. The molecular weight excluding hydrogens is 451 g/mol. The fourth-order valence-electron chi connectivity index (χ4n) is 3.15. The van der Waals surface area contributed by atoms with Crippen LogP contribution in [0.4, 0.5) is 24.5 Å². The molecule has 0 bridgehead atoms. The summed E-state index contributed by atoms with van der Waals surface area (Å²) in [6.45, 7) is 2.84. The van der Waals surface area contributed by atoms with Crippen molar-refractivity contribution in [1.82, 2.24) is 5.32 Å². The minimum Gasteiger partial charge on any atom is -0.350 e. The molecule has 0 aromatic heterocycles. The Morgan fingerprint density at radius 2 is 1.88 bits per heavy atom. The molecule has 1 N–H and O–H groups in total. The number of hydrogen-bond acceptors (Lipinski definition) is 5. The molecule has 0 heterocycles. The van der Waals surface area contributed by atoms with Crippen molar-refractivity contribution in [3.05, 3.63) is 69.3 Å². The number of nitrogens with one attached hydrogen (secondary N) is 1. The first-order valence-electron chi connectivity index (χ1n) is 9.44. The number of hydrogen-bond donors (Lipinski definition) is 1. The molecule has 0 aliphatic heterocycles. The molecule has 2 aromatic carbocycles. The third-order valence-corrected chi connectivity index (χ3v) is 5.86. The summed E-state index contributed by atoms with van der Waals surface area (Å²) in [5.41, 5.74) is -0.673. The van der Waals surface area contributed by atoms with E-state index < -0.39 is 38.6 Å². The van der Waals surface area contributed by atoms with Crippen molar-refractivity contribution >= 4 is 27.3 Å². The van der Waals surface area contributed by atoms with E-state index in [1.807, 2.05) is 0 Å². The van der Waals surface area contributed by atoms with Gasteiger partial charge in [-0.25, -0.2) is 8.42 Å². The SMILES string of the molecule is CC[C@@H](C(=O)NCc1cccc(C(F)(F)F)c1)N(c1cc([N+](=O)[O-])ccc1C)S(C)(=O)=O. The van der Waals surface area contributed by atoms with Gasteiger partial charge in [0.25, 0.3) is 5.69 Å². The zero-order valence-corrected chi connectivity index (χ0v) is 18.3. The smallest absolute Gasteiger partial charge is 0.350 e. The van der Waals surface area contributed by atoms with E-state index in [4.69, 9.17) is 0 Å².